The van der Waals surface area contributed by atoms with Gasteiger partial charge in [-0.25, -0.2) is 0 Å². The molecule has 30 heavy (non-hydrogen) atoms. The van der Waals surface area contributed by atoms with Crippen LogP contribution < -0.4 is 9.47 Å². The van der Waals surface area contributed by atoms with E-state index in [1.165, 1.54) is 10.8 Å². The summed E-state index contributed by atoms with van der Waals surface area (Å²) in [6.45, 7) is 0. The Kier molecular flexibility index (Phi) is 5.70. The minimum absolute atomic E-state index is 0.720. The average molecular weight is 388 g/mol. The Morgan fingerprint density at radius 3 is 1.57 bits per heavy atom. The van der Waals surface area contributed by atoms with Crippen LogP contribution in [0, 0.1) is 23.7 Å². The van der Waals surface area contributed by atoms with E-state index in [2.05, 4.69) is 54.0 Å². The molecule has 0 aliphatic carbocycles. The van der Waals surface area contributed by atoms with E-state index in [1.807, 2.05) is 54.6 Å². The first-order chi connectivity index (χ1) is 14.7. The lowest BCUT2D eigenvalue weighted by Crippen LogP contribution is -1.88. The highest BCUT2D eigenvalue weighted by Crippen LogP contribution is 2.22. The van der Waals surface area contributed by atoms with Gasteiger partial charge in [-0.2, -0.15) is 0 Å². The number of ether oxygens (including phenoxy) is 2. The van der Waals surface area contributed by atoms with Crippen LogP contribution >= 0.6 is 0 Å². The van der Waals surface area contributed by atoms with Crippen molar-refractivity contribution in [3.63, 3.8) is 0 Å². The van der Waals surface area contributed by atoms with Crippen molar-refractivity contribution in [2.45, 2.75) is 0 Å². The predicted molar refractivity (Wildman–Crippen MR) is 122 cm³/mol. The summed E-state index contributed by atoms with van der Waals surface area (Å²) in [6.07, 6.45) is 0. The monoisotopic (exact) mass is 388 g/mol. The fourth-order valence-corrected chi connectivity index (χ4v) is 3.07. The second kappa shape index (κ2) is 8.91. The molecule has 0 fully saturated rings. The summed E-state index contributed by atoms with van der Waals surface area (Å²) in [4.78, 5) is 0. The molecule has 0 spiro atoms. The lowest BCUT2D eigenvalue weighted by Gasteiger charge is -2.04. The maximum absolute atomic E-state index is 5.29. The molecule has 0 unspecified atom stereocenters. The van der Waals surface area contributed by atoms with Crippen LogP contribution in [0.1, 0.15) is 22.3 Å². The van der Waals surface area contributed by atoms with E-state index in [9.17, 15) is 0 Å². The molecule has 0 aromatic heterocycles. The summed E-state index contributed by atoms with van der Waals surface area (Å²) >= 11 is 0. The van der Waals surface area contributed by atoms with Gasteiger partial charge < -0.3 is 9.47 Å². The molecule has 0 atom stereocenters. The van der Waals surface area contributed by atoms with E-state index < -0.39 is 0 Å². The number of benzene rings is 4. The highest BCUT2D eigenvalue weighted by molar-refractivity contribution is 5.83. The topological polar surface area (TPSA) is 18.5 Å². The Bertz CT molecular complexity index is 1290. The number of hydrogen-bond donors (Lipinski definition) is 0. The number of methoxy groups -OCH3 is 2. The van der Waals surface area contributed by atoms with Crippen molar-refractivity contribution in [1.82, 2.24) is 0 Å². The molecule has 0 saturated heterocycles. The summed E-state index contributed by atoms with van der Waals surface area (Å²) in [6, 6.07) is 28.1. The minimum atomic E-state index is 0.720. The molecule has 0 bridgehead atoms. The Morgan fingerprint density at radius 2 is 0.967 bits per heavy atom. The molecule has 0 aliphatic heterocycles. The van der Waals surface area contributed by atoms with Crippen molar-refractivity contribution in [2.24, 2.45) is 0 Å². The first-order valence-corrected chi connectivity index (χ1v) is 9.59. The maximum Gasteiger partial charge on any atom is 0.123 e. The molecule has 4 aromatic rings. The van der Waals surface area contributed by atoms with Gasteiger partial charge in [0.15, 0.2) is 0 Å². The third-order valence-electron chi connectivity index (χ3n) is 4.69. The van der Waals surface area contributed by atoms with E-state index in [-0.39, 0.29) is 0 Å². The van der Waals surface area contributed by atoms with Crippen LogP contribution in [0.15, 0.2) is 84.9 Å². The zero-order valence-electron chi connectivity index (χ0n) is 16.9. The van der Waals surface area contributed by atoms with Gasteiger partial charge in [-0.05, 0) is 59.3 Å². The second-order valence-corrected chi connectivity index (χ2v) is 6.74. The molecular weight excluding hydrogens is 368 g/mol. The molecule has 4 aromatic carbocycles. The molecule has 0 N–H and O–H groups in total. The van der Waals surface area contributed by atoms with E-state index in [0.29, 0.717) is 0 Å². The smallest absolute Gasteiger partial charge is 0.123 e. The summed E-state index contributed by atoms with van der Waals surface area (Å²) < 4.78 is 10.6. The largest absolute Gasteiger partial charge is 0.497 e. The van der Waals surface area contributed by atoms with E-state index >= 15 is 0 Å². The van der Waals surface area contributed by atoms with Crippen molar-refractivity contribution in [1.29, 1.82) is 0 Å². The molecule has 0 heterocycles. The van der Waals surface area contributed by atoms with Gasteiger partial charge in [-0.3, -0.25) is 0 Å². The van der Waals surface area contributed by atoms with Crippen molar-refractivity contribution in [2.75, 3.05) is 14.2 Å². The molecule has 0 saturated carbocycles. The second-order valence-electron chi connectivity index (χ2n) is 6.74. The van der Waals surface area contributed by atoms with Crippen molar-refractivity contribution < 1.29 is 9.47 Å². The van der Waals surface area contributed by atoms with Crippen molar-refractivity contribution in [3.05, 3.63) is 107 Å². The summed E-state index contributed by atoms with van der Waals surface area (Å²) in [5.74, 6) is 14.2. The third kappa shape index (κ3) is 4.64. The molecule has 0 amide bonds. The van der Waals surface area contributed by atoms with Gasteiger partial charge >= 0.3 is 0 Å². The molecular formula is C28H20O2. The molecule has 0 radical (unpaired) electrons. The third-order valence-corrected chi connectivity index (χ3v) is 4.69. The summed E-state index contributed by atoms with van der Waals surface area (Å²) in [5, 5.41) is 2.42. The fraction of sp³-hybridized carbons (Fsp3) is 0.0714. The summed E-state index contributed by atoms with van der Waals surface area (Å²) in [7, 11) is 3.26. The standard InChI is InChI=1S/C28H20O2/c1-29-27-18-24(19-28(20-27)30-2)14-12-22-9-7-21(8-10-22)11-13-23-15-16-25-5-3-4-6-26(25)17-23/h3-10,15-20H,1-2H3. The summed E-state index contributed by atoms with van der Waals surface area (Å²) in [5.41, 5.74) is 3.72. The minimum Gasteiger partial charge on any atom is -0.497 e. The van der Waals surface area contributed by atoms with Crippen LogP contribution in [0.5, 0.6) is 11.5 Å². The maximum atomic E-state index is 5.29. The van der Waals surface area contributed by atoms with Crippen LogP contribution in [-0.4, -0.2) is 14.2 Å². The van der Waals surface area contributed by atoms with Gasteiger partial charge in [0.1, 0.15) is 11.5 Å². The number of hydrogen-bond acceptors (Lipinski definition) is 2. The Morgan fingerprint density at radius 1 is 0.467 bits per heavy atom. The molecule has 2 heteroatoms. The van der Waals surface area contributed by atoms with Crippen LogP contribution in [0.2, 0.25) is 0 Å². The fourth-order valence-electron chi connectivity index (χ4n) is 3.07. The van der Waals surface area contributed by atoms with Crippen LogP contribution in [0.25, 0.3) is 10.8 Å². The molecule has 0 aliphatic rings. The van der Waals surface area contributed by atoms with E-state index in [1.54, 1.807) is 14.2 Å². The van der Waals surface area contributed by atoms with E-state index in [4.69, 9.17) is 9.47 Å². The highest BCUT2D eigenvalue weighted by Gasteiger charge is 1.99. The lowest BCUT2D eigenvalue weighted by atomic mass is 10.1. The molecule has 2 nitrogen and oxygen atoms in total. The Labute approximate surface area is 177 Å². The van der Waals surface area contributed by atoms with Gasteiger partial charge in [-0.15, -0.1) is 0 Å². The van der Waals surface area contributed by atoms with Crippen molar-refractivity contribution >= 4 is 10.8 Å². The zero-order chi connectivity index (χ0) is 20.8. The van der Waals surface area contributed by atoms with Crippen LogP contribution in [-0.2, 0) is 0 Å². The van der Waals surface area contributed by atoms with Gasteiger partial charge in [0.05, 0.1) is 14.2 Å². The predicted octanol–water partition coefficient (Wildman–Crippen LogP) is 5.66. The Balaban J connectivity index is 1.52. The Hall–Kier alpha value is -4.14. The van der Waals surface area contributed by atoms with Gasteiger partial charge in [-0.1, -0.05) is 54.0 Å². The van der Waals surface area contributed by atoms with Gasteiger partial charge in [0.25, 0.3) is 0 Å². The van der Waals surface area contributed by atoms with Crippen LogP contribution in [0.4, 0.5) is 0 Å². The van der Waals surface area contributed by atoms with Crippen LogP contribution in [0.3, 0.4) is 0 Å². The number of rotatable bonds is 2. The first kappa shape index (κ1) is 19.2. The quantitative estimate of drug-likeness (QED) is 0.413. The van der Waals surface area contributed by atoms with E-state index in [0.717, 1.165) is 33.8 Å². The zero-order valence-corrected chi connectivity index (χ0v) is 16.9. The highest BCUT2D eigenvalue weighted by atomic mass is 16.5. The lowest BCUT2D eigenvalue weighted by molar-refractivity contribution is 0.394. The first-order valence-electron chi connectivity index (χ1n) is 9.59. The molecule has 4 rings (SSSR count). The average Bonchev–Trinajstić information content (AvgIpc) is 2.81. The molecule has 144 valence electrons. The normalized spacial score (nSPS) is 9.80. The van der Waals surface area contributed by atoms with Crippen molar-refractivity contribution in [3.8, 4) is 35.2 Å². The van der Waals surface area contributed by atoms with Gasteiger partial charge in [0, 0.05) is 28.3 Å². The SMILES string of the molecule is COc1cc(C#Cc2ccc(C#Cc3ccc4ccccc4c3)cc2)cc(OC)c1. The number of fused-ring (bicyclic) bond motifs is 1. The van der Waals surface area contributed by atoms with Gasteiger partial charge in [0.2, 0.25) is 0 Å².